The van der Waals surface area contributed by atoms with Crippen LogP contribution in [0.1, 0.15) is 83.0 Å². The molecule has 0 bridgehead atoms. The van der Waals surface area contributed by atoms with Gasteiger partial charge in [0, 0.05) is 30.1 Å². The first kappa shape index (κ1) is 28.2. The molecule has 8 nitrogen and oxygen atoms in total. The van der Waals surface area contributed by atoms with Gasteiger partial charge in [0.2, 0.25) is 11.6 Å². The number of aliphatic hydroxyl groups is 2. The number of ether oxygens (including phenoxy) is 3. The van der Waals surface area contributed by atoms with Crippen molar-refractivity contribution in [3.8, 4) is 5.75 Å². The number of carbonyl (C=O) groups is 3. The lowest BCUT2D eigenvalue weighted by Gasteiger charge is -2.69. The van der Waals surface area contributed by atoms with Gasteiger partial charge in [0.05, 0.1) is 18.1 Å². The Bertz CT molecular complexity index is 1760. The fraction of sp³-hybridized carbons (Fsp3) is 0.658. The Morgan fingerprint density at radius 1 is 1.00 bits per heavy atom. The van der Waals surface area contributed by atoms with E-state index in [-0.39, 0.29) is 64.2 Å². The van der Waals surface area contributed by atoms with E-state index >= 15 is 0 Å². The minimum absolute atomic E-state index is 0.0119. The molecule has 10 rings (SSSR count). The van der Waals surface area contributed by atoms with Gasteiger partial charge in [-0.2, -0.15) is 0 Å². The Labute approximate surface area is 268 Å². The van der Waals surface area contributed by atoms with E-state index in [1.165, 1.54) is 6.92 Å². The molecule has 1 unspecified atom stereocenters. The van der Waals surface area contributed by atoms with Gasteiger partial charge in [0.15, 0.2) is 5.60 Å². The van der Waals surface area contributed by atoms with Gasteiger partial charge in [-0.15, -0.1) is 0 Å². The molecule has 2 spiro atoms. The fourth-order valence-electron chi connectivity index (χ4n) is 13.6. The quantitative estimate of drug-likeness (QED) is 0.340. The van der Waals surface area contributed by atoms with Crippen molar-refractivity contribution < 1.29 is 38.8 Å². The van der Waals surface area contributed by atoms with Gasteiger partial charge in [0.25, 0.3) is 0 Å². The summed E-state index contributed by atoms with van der Waals surface area (Å²) >= 11 is 0. The number of hydrogen-bond donors (Lipinski definition) is 2. The first-order chi connectivity index (χ1) is 21.6. The second-order valence-corrected chi connectivity index (χ2v) is 17.4. The van der Waals surface area contributed by atoms with Crippen molar-refractivity contribution in [2.75, 3.05) is 6.61 Å². The molecule has 3 aliphatic heterocycles. The normalized spacial score (nSPS) is 56.7. The maximum Gasteiger partial charge on any atom is 0.312 e. The number of allylic oxidation sites excluding steroid dienone is 3. The van der Waals surface area contributed by atoms with Crippen molar-refractivity contribution in [3.63, 3.8) is 0 Å². The maximum absolute atomic E-state index is 14.8. The number of rotatable bonds is 1. The van der Waals surface area contributed by atoms with E-state index in [2.05, 4.69) is 39.0 Å². The number of aliphatic hydroxyl groups excluding tert-OH is 1. The van der Waals surface area contributed by atoms with Gasteiger partial charge in [-0.25, -0.2) is 0 Å². The second-order valence-electron chi connectivity index (χ2n) is 17.4. The zero-order valence-electron chi connectivity index (χ0n) is 26.9. The Hall–Kier alpha value is -2.81. The molecule has 2 saturated heterocycles. The molecule has 9 aliphatic rings. The summed E-state index contributed by atoms with van der Waals surface area (Å²) in [6.45, 7) is 8.25. The van der Waals surface area contributed by atoms with Gasteiger partial charge in [-0.3, -0.25) is 14.4 Å². The molecule has 2 N–H and O–H groups in total. The molecule has 4 saturated carbocycles. The van der Waals surface area contributed by atoms with E-state index < -0.39 is 34.4 Å². The molecule has 0 radical (unpaired) electrons. The van der Waals surface area contributed by atoms with Crippen molar-refractivity contribution in [1.82, 2.24) is 0 Å². The van der Waals surface area contributed by atoms with Crippen molar-refractivity contribution in [3.05, 3.63) is 53.6 Å². The molecule has 3 heterocycles. The topological polar surface area (TPSA) is 119 Å². The highest BCUT2D eigenvalue weighted by Crippen LogP contribution is 2.89. The number of carbonyl (C=O) groups excluding carboxylic acids is 3. The van der Waals surface area contributed by atoms with Crippen LogP contribution in [0.5, 0.6) is 5.75 Å². The standard InChI is InChI=1S/C38H42O8/c1-31-12-10-25-32(2,17-37(25)28(40)20-7-5-6-8-23(20)45-37)26(31)15-27(39)34(4)24(31)11-13-35-18-36(34,35)14-9-22(35)21-16-38(46-29(21)41)30(42)33(3,43)19-44-38/h5-8,10-11,13,21-22,24,26,30,42-43H,9,12,14-19H2,1-4H3/t21?,22-,24+,26+,30+,31+,32-,33-,34-,35+,36+,37+,38+/m0/s1. The maximum atomic E-state index is 14.8. The summed E-state index contributed by atoms with van der Waals surface area (Å²) in [7, 11) is 0. The number of hydrogen-bond acceptors (Lipinski definition) is 8. The lowest BCUT2D eigenvalue weighted by atomic mass is 9.34. The average molecular weight is 627 g/mol. The second kappa shape index (κ2) is 7.74. The van der Waals surface area contributed by atoms with Crippen LogP contribution in [0.15, 0.2) is 48.1 Å². The molecule has 13 atom stereocenters. The zero-order valence-corrected chi connectivity index (χ0v) is 26.9. The van der Waals surface area contributed by atoms with Gasteiger partial charge in [0.1, 0.15) is 23.2 Å². The summed E-state index contributed by atoms with van der Waals surface area (Å²) < 4.78 is 18.0. The number of benzene rings is 1. The molecular formula is C38H42O8. The molecule has 1 aromatic carbocycles. The van der Waals surface area contributed by atoms with Crippen LogP contribution in [0, 0.1) is 50.7 Å². The fourth-order valence-corrected chi connectivity index (χ4v) is 13.6. The minimum atomic E-state index is -1.51. The Kier molecular flexibility index (Phi) is 4.75. The molecule has 6 fully saturated rings. The number of para-hydroxylation sites is 1. The molecule has 0 amide bonds. The van der Waals surface area contributed by atoms with Crippen LogP contribution in [-0.2, 0) is 19.1 Å². The van der Waals surface area contributed by atoms with Crippen molar-refractivity contribution in [1.29, 1.82) is 0 Å². The molecule has 6 aliphatic carbocycles. The molecular weight excluding hydrogens is 584 g/mol. The summed E-state index contributed by atoms with van der Waals surface area (Å²) in [5.74, 6) is -1.20. The molecule has 0 aromatic heterocycles. The van der Waals surface area contributed by atoms with E-state index in [1.807, 2.05) is 24.3 Å². The summed E-state index contributed by atoms with van der Waals surface area (Å²) in [6.07, 6.45) is 10.3. The van der Waals surface area contributed by atoms with Crippen LogP contribution in [0.25, 0.3) is 0 Å². The van der Waals surface area contributed by atoms with Gasteiger partial charge >= 0.3 is 5.97 Å². The lowest BCUT2D eigenvalue weighted by Crippen LogP contribution is -2.70. The van der Waals surface area contributed by atoms with Gasteiger partial charge in [-0.1, -0.05) is 51.1 Å². The van der Waals surface area contributed by atoms with Crippen molar-refractivity contribution in [2.24, 2.45) is 50.7 Å². The Morgan fingerprint density at radius 3 is 2.52 bits per heavy atom. The predicted octanol–water partition coefficient (Wildman–Crippen LogP) is 4.72. The minimum Gasteiger partial charge on any atom is -0.474 e. The third-order valence-corrected chi connectivity index (χ3v) is 15.7. The number of fused-ring (bicyclic) bond motifs is 7. The summed E-state index contributed by atoms with van der Waals surface area (Å²) in [5, 5.41) is 21.5. The van der Waals surface area contributed by atoms with Gasteiger partial charge < -0.3 is 24.4 Å². The van der Waals surface area contributed by atoms with Gasteiger partial charge in [-0.05, 0) is 84.3 Å². The summed E-state index contributed by atoms with van der Waals surface area (Å²) in [4.78, 5) is 42.0. The zero-order chi connectivity index (χ0) is 32.1. The van der Waals surface area contributed by atoms with Crippen LogP contribution in [0.2, 0.25) is 0 Å². The van der Waals surface area contributed by atoms with Crippen LogP contribution in [0.4, 0.5) is 0 Å². The molecule has 46 heavy (non-hydrogen) atoms. The smallest absolute Gasteiger partial charge is 0.312 e. The molecule has 8 heteroatoms. The first-order valence-electron chi connectivity index (χ1n) is 17.2. The van der Waals surface area contributed by atoms with Crippen molar-refractivity contribution >= 4 is 17.5 Å². The predicted molar refractivity (Wildman–Crippen MR) is 163 cm³/mol. The third kappa shape index (κ3) is 2.66. The number of esters is 1. The van der Waals surface area contributed by atoms with E-state index in [4.69, 9.17) is 14.2 Å². The van der Waals surface area contributed by atoms with E-state index in [0.29, 0.717) is 29.9 Å². The molecule has 242 valence electrons. The van der Waals surface area contributed by atoms with E-state index in [1.54, 1.807) is 0 Å². The highest BCUT2D eigenvalue weighted by atomic mass is 16.7. The van der Waals surface area contributed by atoms with E-state index in [9.17, 15) is 24.6 Å². The largest absolute Gasteiger partial charge is 0.474 e. The van der Waals surface area contributed by atoms with E-state index in [0.717, 1.165) is 31.3 Å². The SMILES string of the molecule is C[C@]12CC=C3[C@@]4(C[C@]3(C)[C@@H]1CC(=O)[C@]1(C)[C@@H]2C=C[C@]23C[C@@]21CC[C@H]3C1C[C@@]2(OC[C@](C)(O)[C@H]2O)OC1=O)Oc1ccccc1C4=O. The highest BCUT2D eigenvalue weighted by molar-refractivity contribution is 6.11. The lowest BCUT2D eigenvalue weighted by molar-refractivity contribution is -0.223. The Balaban J connectivity index is 0.996. The average Bonchev–Trinajstić information content (AvgIpc) is 3.14. The summed E-state index contributed by atoms with van der Waals surface area (Å²) in [6, 6.07) is 7.52. The number of Topliss-reactive ketones (excluding diaryl/α,β-unsaturated/α-hetero) is 2. The summed E-state index contributed by atoms with van der Waals surface area (Å²) in [5.41, 5.74) is -2.22. The van der Waals surface area contributed by atoms with Crippen LogP contribution in [0.3, 0.4) is 0 Å². The highest BCUT2D eigenvalue weighted by Gasteiger charge is 2.86. The van der Waals surface area contributed by atoms with Crippen LogP contribution >= 0.6 is 0 Å². The van der Waals surface area contributed by atoms with Crippen molar-refractivity contribution in [2.45, 2.75) is 95.7 Å². The third-order valence-electron chi connectivity index (χ3n) is 15.7. The number of ketones is 2. The van der Waals surface area contributed by atoms with Crippen LogP contribution in [-0.4, -0.2) is 57.4 Å². The Morgan fingerprint density at radius 2 is 1.78 bits per heavy atom. The monoisotopic (exact) mass is 626 g/mol. The molecule has 1 aromatic rings. The first-order valence-corrected chi connectivity index (χ1v) is 17.2. The van der Waals surface area contributed by atoms with Crippen LogP contribution < -0.4 is 4.74 Å².